The van der Waals surface area contributed by atoms with Crippen LogP contribution >= 0.6 is 0 Å². The van der Waals surface area contributed by atoms with Crippen LogP contribution in [0.25, 0.3) is 10.9 Å². The van der Waals surface area contributed by atoms with E-state index in [9.17, 15) is 9.59 Å². The third kappa shape index (κ3) is 4.14. The smallest absolute Gasteiger partial charge is 0.417 e. The molecule has 2 amide bonds. The zero-order valence-corrected chi connectivity index (χ0v) is 18.6. The summed E-state index contributed by atoms with van der Waals surface area (Å²) in [5, 5.41) is 1.14. The first-order chi connectivity index (χ1) is 16.1. The van der Waals surface area contributed by atoms with E-state index in [-0.39, 0.29) is 30.9 Å². The molecule has 0 saturated carbocycles. The molecule has 0 spiro atoms. The molecule has 5 rings (SSSR count). The molecular formula is C28H26N2O3. The summed E-state index contributed by atoms with van der Waals surface area (Å²) in [6, 6.07) is 27.8. The van der Waals surface area contributed by atoms with Crippen molar-refractivity contribution in [2.45, 2.75) is 31.8 Å². The SMILES string of the molecule is C[C@H](CC(=O)N1C(=O)OC[C@@H]1c1ccccc1)c1cn(Cc2ccccc2)c2ccccc12. The lowest BCUT2D eigenvalue weighted by atomic mass is 9.96. The third-order valence-electron chi connectivity index (χ3n) is 6.35. The van der Waals surface area contributed by atoms with E-state index < -0.39 is 6.09 Å². The van der Waals surface area contributed by atoms with Crippen molar-refractivity contribution in [3.63, 3.8) is 0 Å². The maximum Gasteiger partial charge on any atom is 0.417 e. The van der Waals surface area contributed by atoms with Crippen molar-refractivity contribution in [1.29, 1.82) is 0 Å². The van der Waals surface area contributed by atoms with Gasteiger partial charge in [-0.15, -0.1) is 0 Å². The van der Waals surface area contributed by atoms with Crippen molar-refractivity contribution in [2.75, 3.05) is 6.61 Å². The van der Waals surface area contributed by atoms with Crippen molar-refractivity contribution in [3.8, 4) is 0 Å². The molecule has 0 unspecified atom stereocenters. The summed E-state index contributed by atoms with van der Waals surface area (Å²) in [4.78, 5) is 27.0. The fourth-order valence-electron chi connectivity index (χ4n) is 4.67. The van der Waals surface area contributed by atoms with Crippen molar-refractivity contribution < 1.29 is 14.3 Å². The first kappa shape index (κ1) is 21.0. The summed E-state index contributed by atoms with van der Waals surface area (Å²) in [5.74, 6) is -0.261. The number of ether oxygens (including phenoxy) is 1. The predicted octanol–water partition coefficient (Wildman–Crippen LogP) is 5.90. The first-order valence-corrected chi connectivity index (χ1v) is 11.3. The number of hydrogen-bond donors (Lipinski definition) is 0. The minimum atomic E-state index is -0.562. The van der Waals surface area contributed by atoms with Gasteiger partial charge < -0.3 is 9.30 Å². The van der Waals surface area contributed by atoms with Gasteiger partial charge in [-0.1, -0.05) is 85.8 Å². The molecule has 4 aromatic rings. The van der Waals surface area contributed by atoms with E-state index in [1.165, 1.54) is 10.5 Å². The highest BCUT2D eigenvalue weighted by Crippen LogP contribution is 2.33. The number of aromatic nitrogens is 1. The average Bonchev–Trinajstić information content (AvgIpc) is 3.41. The molecule has 1 aromatic heterocycles. The Bertz CT molecular complexity index is 1280. The number of imide groups is 1. The van der Waals surface area contributed by atoms with E-state index in [1.54, 1.807) is 0 Å². The van der Waals surface area contributed by atoms with Crippen molar-refractivity contribution in [3.05, 3.63) is 108 Å². The molecule has 1 aliphatic rings. The normalized spacial score (nSPS) is 16.7. The second-order valence-electron chi connectivity index (χ2n) is 8.59. The molecule has 5 nitrogen and oxygen atoms in total. The first-order valence-electron chi connectivity index (χ1n) is 11.3. The lowest BCUT2D eigenvalue weighted by Gasteiger charge is -2.21. The zero-order valence-electron chi connectivity index (χ0n) is 18.6. The minimum absolute atomic E-state index is 0.0516. The molecule has 1 fully saturated rings. The summed E-state index contributed by atoms with van der Waals surface area (Å²) in [6.45, 7) is 3.00. The van der Waals surface area contributed by atoms with Gasteiger partial charge in [0.25, 0.3) is 0 Å². The fraction of sp³-hybridized carbons (Fsp3) is 0.214. The van der Waals surface area contributed by atoms with E-state index in [4.69, 9.17) is 4.74 Å². The van der Waals surface area contributed by atoms with E-state index in [0.717, 1.165) is 28.6 Å². The van der Waals surface area contributed by atoms with Gasteiger partial charge >= 0.3 is 6.09 Å². The molecule has 0 bridgehead atoms. The molecule has 0 radical (unpaired) electrons. The highest BCUT2D eigenvalue weighted by atomic mass is 16.6. The summed E-state index contributed by atoms with van der Waals surface area (Å²) >= 11 is 0. The molecule has 0 N–H and O–H groups in total. The van der Waals surface area contributed by atoms with Crippen LogP contribution in [-0.2, 0) is 16.1 Å². The molecule has 1 aliphatic heterocycles. The topological polar surface area (TPSA) is 51.5 Å². The molecule has 3 aromatic carbocycles. The standard InChI is InChI=1S/C28H26N2O3/c1-20(16-27(31)30-26(19-33-28(30)32)22-12-6-3-7-13-22)24-18-29(17-21-10-4-2-5-11-21)25-15-9-8-14-23(24)25/h2-15,18,20,26H,16-17,19H2,1H3/t20-,26-/m1/s1. The Morgan fingerprint density at radius 2 is 1.64 bits per heavy atom. The Morgan fingerprint density at radius 1 is 0.970 bits per heavy atom. The summed E-state index contributed by atoms with van der Waals surface area (Å²) in [5.41, 5.74) is 4.37. The number of carbonyl (C=O) groups excluding carboxylic acids is 2. The van der Waals surface area contributed by atoms with Gasteiger partial charge in [0.05, 0.1) is 0 Å². The van der Waals surface area contributed by atoms with Crippen LogP contribution in [0.4, 0.5) is 4.79 Å². The molecule has 166 valence electrons. The van der Waals surface area contributed by atoms with Gasteiger partial charge in [0.15, 0.2) is 0 Å². The van der Waals surface area contributed by atoms with Crippen LogP contribution in [0.1, 0.15) is 42.0 Å². The highest BCUT2D eigenvalue weighted by Gasteiger charge is 2.39. The molecule has 33 heavy (non-hydrogen) atoms. The van der Waals surface area contributed by atoms with Gasteiger partial charge in [-0.2, -0.15) is 0 Å². The van der Waals surface area contributed by atoms with Gasteiger partial charge in [0.2, 0.25) is 5.91 Å². The van der Waals surface area contributed by atoms with E-state index in [2.05, 4.69) is 35.0 Å². The molecule has 5 heteroatoms. The van der Waals surface area contributed by atoms with Crippen molar-refractivity contribution >= 4 is 22.9 Å². The summed E-state index contributed by atoms with van der Waals surface area (Å²) < 4.78 is 7.48. The van der Waals surface area contributed by atoms with E-state index in [0.29, 0.717) is 0 Å². The van der Waals surface area contributed by atoms with Gasteiger partial charge in [0, 0.05) is 30.1 Å². The molecular weight excluding hydrogens is 412 g/mol. The van der Waals surface area contributed by atoms with Gasteiger partial charge in [0.1, 0.15) is 12.6 Å². The number of amides is 2. The van der Waals surface area contributed by atoms with Crippen LogP contribution in [0, 0.1) is 0 Å². The second kappa shape index (κ2) is 8.94. The summed E-state index contributed by atoms with van der Waals surface area (Å²) in [6.07, 6.45) is 1.82. The van der Waals surface area contributed by atoms with Crippen LogP contribution in [0.3, 0.4) is 0 Å². The average molecular weight is 439 g/mol. The number of cyclic esters (lactones) is 1. The van der Waals surface area contributed by atoms with E-state index in [1.807, 2.05) is 67.6 Å². The highest BCUT2D eigenvalue weighted by molar-refractivity contribution is 5.94. The number of fused-ring (bicyclic) bond motifs is 1. The van der Waals surface area contributed by atoms with Crippen LogP contribution in [0.2, 0.25) is 0 Å². The number of hydrogen-bond acceptors (Lipinski definition) is 3. The third-order valence-corrected chi connectivity index (χ3v) is 6.35. The number of carbonyl (C=O) groups is 2. The van der Waals surface area contributed by atoms with E-state index >= 15 is 0 Å². The Hall–Kier alpha value is -3.86. The fourth-order valence-corrected chi connectivity index (χ4v) is 4.67. The number of benzene rings is 3. The number of rotatable bonds is 6. The summed E-state index contributed by atoms with van der Waals surface area (Å²) in [7, 11) is 0. The minimum Gasteiger partial charge on any atom is -0.446 e. The van der Waals surface area contributed by atoms with Crippen LogP contribution in [0.15, 0.2) is 91.1 Å². The van der Waals surface area contributed by atoms with Crippen molar-refractivity contribution in [1.82, 2.24) is 9.47 Å². The number of nitrogens with zero attached hydrogens (tertiary/aromatic N) is 2. The molecule has 2 heterocycles. The predicted molar refractivity (Wildman–Crippen MR) is 128 cm³/mol. The van der Waals surface area contributed by atoms with Gasteiger partial charge in [-0.25, -0.2) is 9.69 Å². The molecule has 1 saturated heterocycles. The maximum absolute atomic E-state index is 13.3. The Labute approximate surface area is 193 Å². The Kier molecular flexibility index (Phi) is 5.69. The van der Waals surface area contributed by atoms with Crippen molar-refractivity contribution in [2.24, 2.45) is 0 Å². The van der Waals surface area contributed by atoms with Gasteiger partial charge in [-0.05, 0) is 28.7 Å². The van der Waals surface area contributed by atoms with Crippen LogP contribution in [-0.4, -0.2) is 28.1 Å². The Morgan fingerprint density at radius 3 is 2.39 bits per heavy atom. The van der Waals surface area contributed by atoms with Crippen LogP contribution in [0.5, 0.6) is 0 Å². The molecule has 2 atom stereocenters. The Balaban J connectivity index is 1.40. The second-order valence-corrected chi connectivity index (χ2v) is 8.59. The lowest BCUT2D eigenvalue weighted by molar-refractivity contribution is -0.129. The number of para-hydroxylation sites is 1. The van der Waals surface area contributed by atoms with Gasteiger partial charge in [-0.3, -0.25) is 4.79 Å². The lowest BCUT2D eigenvalue weighted by Crippen LogP contribution is -2.34. The molecule has 0 aliphatic carbocycles. The maximum atomic E-state index is 13.3. The zero-order chi connectivity index (χ0) is 22.8. The largest absolute Gasteiger partial charge is 0.446 e. The monoisotopic (exact) mass is 438 g/mol. The van der Waals surface area contributed by atoms with Crippen LogP contribution < -0.4 is 0 Å². The quantitative estimate of drug-likeness (QED) is 0.376.